The summed E-state index contributed by atoms with van der Waals surface area (Å²) in [6.07, 6.45) is -3.47. The summed E-state index contributed by atoms with van der Waals surface area (Å²) >= 11 is 0. The molecule has 0 spiro atoms. The van der Waals surface area contributed by atoms with E-state index in [9.17, 15) is 13.2 Å². The molecule has 0 radical (unpaired) electrons. The molecule has 1 aromatic rings. The first kappa shape index (κ1) is 17.9. The first-order chi connectivity index (χ1) is 9.73. The molecule has 0 saturated carbocycles. The van der Waals surface area contributed by atoms with Gasteiger partial charge >= 0.3 is 6.18 Å². The minimum atomic E-state index is -4.27. The number of halogens is 3. The quantitative estimate of drug-likeness (QED) is 0.785. The second-order valence-corrected chi connectivity index (χ2v) is 5.59. The largest absolute Gasteiger partial charge is 0.396 e. The van der Waals surface area contributed by atoms with Crippen LogP contribution in [0.4, 0.5) is 13.2 Å². The van der Waals surface area contributed by atoms with E-state index >= 15 is 0 Å². The van der Waals surface area contributed by atoms with Gasteiger partial charge in [-0.15, -0.1) is 0 Å². The normalized spacial score (nSPS) is 13.5. The molecule has 0 aliphatic heterocycles. The van der Waals surface area contributed by atoms with E-state index in [1.54, 1.807) is 13.8 Å². The molecule has 1 rings (SSSR count). The highest BCUT2D eigenvalue weighted by Crippen LogP contribution is 2.21. The van der Waals surface area contributed by atoms with Gasteiger partial charge in [-0.1, -0.05) is 13.8 Å². The number of aryl methyl sites for hydroxylation is 2. The summed E-state index contributed by atoms with van der Waals surface area (Å²) in [6, 6.07) is 0. The molecule has 1 atom stereocenters. The van der Waals surface area contributed by atoms with E-state index < -0.39 is 12.6 Å². The van der Waals surface area contributed by atoms with Crippen molar-refractivity contribution in [3.8, 4) is 0 Å². The fourth-order valence-corrected chi connectivity index (χ4v) is 2.31. The molecule has 6 heteroatoms. The van der Waals surface area contributed by atoms with Crippen LogP contribution < -0.4 is 5.32 Å². The first-order valence-electron chi connectivity index (χ1n) is 7.33. The van der Waals surface area contributed by atoms with E-state index in [1.807, 2.05) is 0 Å². The Balaban J connectivity index is 2.75. The van der Waals surface area contributed by atoms with E-state index in [2.05, 4.69) is 29.1 Å². The fourth-order valence-electron chi connectivity index (χ4n) is 2.31. The van der Waals surface area contributed by atoms with E-state index in [-0.39, 0.29) is 5.82 Å². The predicted octanol–water partition coefficient (Wildman–Crippen LogP) is 3.38. The van der Waals surface area contributed by atoms with Crippen molar-refractivity contribution in [2.75, 3.05) is 13.1 Å². The zero-order valence-corrected chi connectivity index (χ0v) is 13.1. The number of hydrogen-bond donors (Lipinski definition) is 1. The average Bonchev–Trinajstić information content (AvgIpc) is 2.32. The van der Waals surface area contributed by atoms with Crippen molar-refractivity contribution >= 4 is 0 Å². The summed E-state index contributed by atoms with van der Waals surface area (Å²) in [5.74, 6) is 0.254. The highest BCUT2D eigenvalue weighted by atomic mass is 19.4. The van der Waals surface area contributed by atoms with Crippen LogP contribution >= 0.6 is 0 Å². The molecule has 120 valence electrons. The van der Waals surface area contributed by atoms with Gasteiger partial charge < -0.3 is 5.32 Å². The molecule has 0 bridgehead atoms. The average molecular weight is 303 g/mol. The maximum Gasteiger partial charge on any atom is 0.396 e. The predicted molar refractivity (Wildman–Crippen MR) is 77.3 cm³/mol. The lowest BCUT2D eigenvalue weighted by atomic mass is 9.98. The second-order valence-electron chi connectivity index (χ2n) is 5.59. The van der Waals surface area contributed by atoms with Gasteiger partial charge in [0.2, 0.25) is 0 Å². The standard InChI is InChI=1S/C15H24F3N3/c1-5-6-19-9-10(2)7-13-11(3)20-14(21-12(13)4)8-15(16,17)18/h10,19H,5-9H2,1-4H3. The number of aromatic nitrogens is 2. The fraction of sp³-hybridized carbons (Fsp3) is 0.733. The number of nitrogens with one attached hydrogen (secondary N) is 1. The van der Waals surface area contributed by atoms with Crippen LogP contribution in [0.3, 0.4) is 0 Å². The zero-order valence-electron chi connectivity index (χ0n) is 13.1. The molecule has 0 fully saturated rings. The molecule has 0 aliphatic carbocycles. The Morgan fingerprint density at radius 2 is 1.71 bits per heavy atom. The lowest BCUT2D eigenvalue weighted by Gasteiger charge is -2.16. The van der Waals surface area contributed by atoms with Crippen molar-refractivity contribution in [1.29, 1.82) is 0 Å². The van der Waals surface area contributed by atoms with E-state index in [0.29, 0.717) is 17.3 Å². The van der Waals surface area contributed by atoms with Gasteiger partial charge in [0.1, 0.15) is 12.2 Å². The topological polar surface area (TPSA) is 37.8 Å². The summed E-state index contributed by atoms with van der Waals surface area (Å²) in [5.41, 5.74) is 2.28. The number of hydrogen-bond acceptors (Lipinski definition) is 3. The zero-order chi connectivity index (χ0) is 16.0. The first-order valence-corrected chi connectivity index (χ1v) is 7.33. The van der Waals surface area contributed by atoms with Gasteiger partial charge in [0.15, 0.2) is 0 Å². The van der Waals surface area contributed by atoms with Crippen LogP contribution in [0, 0.1) is 19.8 Å². The summed E-state index contributed by atoms with van der Waals surface area (Å²) in [5, 5.41) is 3.35. The lowest BCUT2D eigenvalue weighted by molar-refractivity contribution is -0.128. The third-order valence-corrected chi connectivity index (χ3v) is 3.30. The van der Waals surface area contributed by atoms with Gasteiger partial charge in [-0.2, -0.15) is 13.2 Å². The van der Waals surface area contributed by atoms with Gasteiger partial charge in [0.05, 0.1) is 0 Å². The van der Waals surface area contributed by atoms with E-state index in [0.717, 1.165) is 31.5 Å². The van der Waals surface area contributed by atoms with Gasteiger partial charge in [-0.25, -0.2) is 9.97 Å². The summed E-state index contributed by atoms with van der Waals surface area (Å²) < 4.78 is 37.2. The third-order valence-electron chi connectivity index (χ3n) is 3.30. The Kier molecular flexibility index (Phi) is 6.58. The van der Waals surface area contributed by atoms with Gasteiger partial charge in [0, 0.05) is 11.4 Å². The lowest BCUT2D eigenvalue weighted by Crippen LogP contribution is -2.24. The molecule has 3 nitrogen and oxygen atoms in total. The minimum absolute atomic E-state index is 0.141. The molecule has 0 aliphatic rings. The van der Waals surface area contributed by atoms with Crippen LogP contribution in [0.15, 0.2) is 0 Å². The Hall–Kier alpha value is -1.17. The van der Waals surface area contributed by atoms with Crippen molar-refractivity contribution in [1.82, 2.24) is 15.3 Å². The SMILES string of the molecule is CCCNCC(C)Cc1c(C)nc(CC(F)(F)F)nc1C. The van der Waals surface area contributed by atoms with Gasteiger partial charge in [-0.05, 0) is 51.3 Å². The summed E-state index contributed by atoms with van der Waals surface area (Å²) in [4.78, 5) is 8.03. The number of nitrogens with zero attached hydrogens (tertiary/aromatic N) is 2. The van der Waals surface area contributed by atoms with Crippen molar-refractivity contribution in [3.05, 3.63) is 22.8 Å². The monoisotopic (exact) mass is 303 g/mol. The molecular weight excluding hydrogens is 279 g/mol. The number of rotatable bonds is 7. The van der Waals surface area contributed by atoms with Crippen molar-refractivity contribution in [2.45, 2.75) is 53.1 Å². The van der Waals surface area contributed by atoms with Crippen LogP contribution in [-0.2, 0) is 12.8 Å². The molecule has 1 aromatic heterocycles. The highest BCUT2D eigenvalue weighted by Gasteiger charge is 2.29. The van der Waals surface area contributed by atoms with Crippen LogP contribution in [-0.4, -0.2) is 29.2 Å². The maximum absolute atomic E-state index is 12.4. The minimum Gasteiger partial charge on any atom is -0.316 e. The van der Waals surface area contributed by atoms with Crippen LogP contribution in [0.2, 0.25) is 0 Å². The Labute approximate surface area is 124 Å². The highest BCUT2D eigenvalue weighted by molar-refractivity contribution is 5.25. The van der Waals surface area contributed by atoms with Crippen LogP contribution in [0.25, 0.3) is 0 Å². The molecule has 0 aromatic carbocycles. The van der Waals surface area contributed by atoms with Crippen molar-refractivity contribution < 1.29 is 13.2 Å². The van der Waals surface area contributed by atoms with Crippen molar-refractivity contribution in [3.63, 3.8) is 0 Å². The number of alkyl halides is 3. The Morgan fingerprint density at radius 1 is 1.14 bits per heavy atom. The molecule has 1 heterocycles. The maximum atomic E-state index is 12.4. The summed E-state index contributed by atoms with van der Waals surface area (Å²) in [6.45, 7) is 9.61. The smallest absolute Gasteiger partial charge is 0.316 e. The molecule has 1 N–H and O–H groups in total. The van der Waals surface area contributed by atoms with Crippen LogP contribution in [0.1, 0.15) is 43.0 Å². The molecule has 1 unspecified atom stereocenters. The second kappa shape index (κ2) is 7.73. The summed E-state index contributed by atoms with van der Waals surface area (Å²) in [7, 11) is 0. The van der Waals surface area contributed by atoms with Gasteiger partial charge in [0.25, 0.3) is 0 Å². The van der Waals surface area contributed by atoms with E-state index in [4.69, 9.17) is 0 Å². The Bertz CT molecular complexity index is 435. The van der Waals surface area contributed by atoms with E-state index in [1.165, 1.54) is 0 Å². The Morgan fingerprint density at radius 3 is 2.19 bits per heavy atom. The molecular formula is C15H24F3N3. The van der Waals surface area contributed by atoms with Crippen LogP contribution in [0.5, 0.6) is 0 Å². The van der Waals surface area contributed by atoms with Gasteiger partial charge in [-0.3, -0.25) is 0 Å². The molecule has 0 saturated heterocycles. The third kappa shape index (κ3) is 6.42. The van der Waals surface area contributed by atoms with Crippen molar-refractivity contribution in [2.24, 2.45) is 5.92 Å². The molecule has 21 heavy (non-hydrogen) atoms. The molecule has 0 amide bonds.